The first-order valence-corrected chi connectivity index (χ1v) is 14.2. The molecule has 16 heteroatoms. The van der Waals surface area contributed by atoms with Crippen molar-refractivity contribution >= 4 is 22.7 Å². The third-order valence-corrected chi connectivity index (χ3v) is 5.59. The minimum Gasteiger partial charge on any atom is -0.489 e. The highest BCUT2D eigenvalue weighted by Crippen LogP contribution is 2.28. The van der Waals surface area contributed by atoms with Crippen molar-refractivity contribution in [3.63, 3.8) is 0 Å². The highest BCUT2D eigenvalue weighted by atomic mass is 16.6. The second-order valence-electron chi connectivity index (χ2n) is 8.82. The van der Waals surface area contributed by atoms with Gasteiger partial charge in [-0.15, -0.1) is 0 Å². The standard InChI is InChI=1S/C28H42N4O12/c29-25-3-1-2-4-28(25)44-22-21-43-20-19-42-18-17-41-16-15-40-14-13-39-12-11-38-10-9-37-8-7-30-26-6-5-24(31(33)34)23-27(26)32(35)36/h1-6,23,30H,7-22,29H2. The quantitative estimate of drug-likeness (QED) is 0.0605. The molecule has 2 aromatic rings. The summed E-state index contributed by atoms with van der Waals surface area (Å²) in [6.07, 6.45) is 0. The lowest BCUT2D eigenvalue weighted by molar-refractivity contribution is -0.393. The summed E-state index contributed by atoms with van der Waals surface area (Å²) in [6.45, 7) is 6.65. The van der Waals surface area contributed by atoms with Gasteiger partial charge in [-0.3, -0.25) is 20.2 Å². The number of hydrogen-bond donors (Lipinski definition) is 2. The summed E-state index contributed by atoms with van der Waals surface area (Å²) in [6, 6.07) is 10.7. The topological polar surface area (TPSA) is 198 Å². The number of para-hydroxylation sites is 2. The molecule has 0 atom stereocenters. The summed E-state index contributed by atoms with van der Waals surface area (Å²) in [5.74, 6) is 0.651. The molecular formula is C28H42N4O12. The van der Waals surface area contributed by atoms with E-state index in [4.69, 9.17) is 43.6 Å². The Kier molecular flexibility index (Phi) is 19.7. The van der Waals surface area contributed by atoms with Crippen molar-refractivity contribution in [2.24, 2.45) is 0 Å². The average Bonchev–Trinajstić information content (AvgIpc) is 3.01. The molecule has 2 rings (SSSR count). The number of nitro benzene ring substituents is 2. The van der Waals surface area contributed by atoms with Crippen LogP contribution in [0.1, 0.15) is 0 Å². The maximum Gasteiger partial charge on any atom is 0.299 e. The van der Waals surface area contributed by atoms with E-state index in [-0.39, 0.29) is 23.7 Å². The molecule has 16 nitrogen and oxygen atoms in total. The zero-order valence-electron chi connectivity index (χ0n) is 24.7. The van der Waals surface area contributed by atoms with Crippen molar-refractivity contribution in [3.8, 4) is 5.75 Å². The summed E-state index contributed by atoms with van der Waals surface area (Å²) in [7, 11) is 0. The van der Waals surface area contributed by atoms with Gasteiger partial charge < -0.3 is 48.9 Å². The van der Waals surface area contributed by atoms with Crippen LogP contribution in [0.3, 0.4) is 0 Å². The van der Waals surface area contributed by atoms with Gasteiger partial charge in [-0.2, -0.15) is 0 Å². The SMILES string of the molecule is Nc1ccccc1OCCOCCOCCOCCOCCOCCOCCOCCNc1ccc([N+](=O)[O-])cc1[N+](=O)[O-]. The summed E-state index contributed by atoms with van der Waals surface area (Å²) in [5.41, 5.74) is 5.88. The first-order chi connectivity index (χ1) is 21.5. The van der Waals surface area contributed by atoms with Gasteiger partial charge in [0.15, 0.2) is 0 Å². The van der Waals surface area contributed by atoms with E-state index in [1.165, 1.54) is 12.1 Å². The molecule has 0 aliphatic carbocycles. The van der Waals surface area contributed by atoms with E-state index in [0.29, 0.717) is 110 Å². The highest BCUT2D eigenvalue weighted by Gasteiger charge is 2.19. The number of nitro groups is 2. The Balaban J connectivity index is 1.26. The fourth-order valence-corrected chi connectivity index (χ4v) is 3.44. The van der Waals surface area contributed by atoms with Gasteiger partial charge in [0, 0.05) is 12.6 Å². The van der Waals surface area contributed by atoms with E-state index < -0.39 is 9.85 Å². The number of nitrogens with zero attached hydrogens (tertiary/aromatic N) is 2. The first-order valence-electron chi connectivity index (χ1n) is 14.2. The second kappa shape index (κ2) is 23.8. The van der Waals surface area contributed by atoms with Gasteiger partial charge in [0.05, 0.1) is 114 Å². The van der Waals surface area contributed by atoms with Gasteiger partial charge in [-0.05, 0) is 18.2 Å². The van der Waals surface area contributed by atoms with Gasteiger partial charge >= 0.3 is 0 Å². The molecule has 44 heavy (non-hydrogen) atoms. The number of benzene rings is 2. The molecule has 0 amide bonds. The number of hydrogen-bond acceptors (Lipinski definition) is 14. The molecule has 0 aliphatic rings. The first kappa shape index (κ1) is 36.6. The molecule has 0 fully saturated rings. The van der Waals surface area contributed by atoms with Crippen molar-refractivity contribution < 1.29 is 47.7 Å². The van der Waals surface area contributed by atoms with Crippen LogP contribution in [-0.4, -0.2) is 115 Å². The molecule has 3 N–H and O–H groups in total. The molecule has 0 radical (unpaired) electrons. The average molecular weight is 627 g/mol. The van der Waals surface area contributed by atoms with Crippen LogP contribution in [0.4, 0.5) is 22.7 Å². The van der Waals surface area contributed by atoms with Crippen LogP contribution in [0.25, 0.3) is 0 Å². The van der Waals surface area contributed by atoms with E-state index in [1.54, 1.807) is 6.07 Å². The Morgan fingerprint density at radius 1 is 0.591 bits per heavy atom. The molecule has 0 unspecified atom stereocenters. The number of non-ortho nitro benzene ring substituents is 1. The normalized spacial score (nSPS) is 11.0. The summed E-state index contributed by atoms with van der Waals surface area (Å²) in [4.78, 5) is 20.6. The Morgan fingerprint density at radius 2 is 1.05 bits per heavy atom. The molecule has 0 spiro atoms. The minimum absolute atomic E-state index is 0.186. The maximum atomic E-state index is 11.1. The fraction of sp³-hybridized carbons (Fsp3) is 0.571. The number of anilines is 2. The largest absolute Gasteiger partial charge is 0.489 e. The number of nitrogens with one attached hydrogen (secondary N) is 1. The molecule has 0 saturated heterocycles. The van der Waals surface area contributed by atoms with Crippen LogP contribution >= 0.6 is 0 Å². The molecule has 0 saturated carbocycles. The lowest BCUT2D eigenvalue weighted by Crippen LogP contribution is -2.15. The molecule has 0 aromatic heterocycles. The summed E-state index contributed by atoms with van der Waals surface area (Å²) >= 11 is 0. The van der Waals surface area contributed by atoms with Crippen molar-refractivity contribution in [1.82, 2.24) is 0 Å². The van der Waals surface area contributed by atoms with E-state index in [2.05, 4.69) is 5.32 Å². The lowest BCUT2D eigenvalue weighted by Gasteiger charge is -2.10. The number of ether oxygens (including phenoxy) is 8. The molecule has 2 aromatic carbocycles. The Bertz CT molecular complexity index is 1080. The zero-order chi connectivity index (χ0) is 31.7. The van der Waals surface area contributed by atoms with Crippen molar-refractivity contribution in [3.05, 3.63) is 62.7 Å². The fourth-order valence-electron chi connectivity index (χ4n) is 3.44. The Labute approximate surface area is 255 Å². The van der Waals surface area contributed by atoms with E-state index in [0.717, 1.165) is 6.07 Å². The van der Waals surface area contributed by atoms with Crippen LogP contribution in [0.5, 0.6) is 5.75 Å². The zero-order valence-corrected chi connectivity index (χ0v) is 24.7. The van der Waals surface area contributed by atoms with E-state index in [9.17, 15) is 20.2 Å². The monoisotopic (exact) mass is 626 g/mol. The molecular weight excluding hydrogens is 584 g/mol. The van der Waals surface area contributed by atoms with Crippen molar-refractivity contribution in [1.29, 1.82) is 0 Å². The number of rotatable bonds is 28. The highest BCUT2D eigenvalue weighted by molar-refractivity contribution is 5.65. The van der Waals surface area contributed by atoms with Gasteiger partial charge in [-0.25, -0.2) is 0 Å². The minimum atomic E-state index is -0.682. The molecule has 0 heterocycles. The van der Waals surface area contributed by atoms with E-state index >= 15 is 0 Å². The Morgan fingerprint density at radius 3 is 1.50 bits per heavy atom. The summed E-state index contributed by atoms with van der Waals surface area (Å²) in [5, 5.41) is 24.8. The number of nitrogens with two attached hydrogens (primary N) is 1. The van der Waals surface area contributed by atoms with Crippen molar-refractivity contribution in [2.45, 2.75) is 0 Å². The third kappa shape index (κ3) is 16.9. The maximum absolute atomic E-state index is 11.1. The predicted molar refractivity (Wildman–Crippen MR) is 160 cm³/mol. The van der Waals surface area contributed by atoms with Gasteiger partial charge in [0.25, 0.3) is 11.4 Å². The van der Waals surface area contributed by atoms with E-state index in [1.807, 2.05) is 18.2 Å². The van der Waals surface area contributed by atoms with Crippen LogP contribution in [0.15, 0.2) is 42.5 Å². The molecule has 0 aliphatic heterocycles. The van der Waals surface area contributed by atoms with Gasteiger partial charge in [-0.1, -0.05) is 12.1 Å². The van der Waals surface area contributed by atoms with Gasteiger partial charge in [0.1, 0.15) is 18.0 Å². The summed E-state index contributed by atoms with van der Waals surface area (Å²) < 4.78 is 43.6. The van der Waals surface area contributed by atoms with Crippen LogP contribution < -0.4 is 15.8 Å². The van der Waals surface area contributed by atoms with Crippen LogP contribution in [0.2, 0.25) is 0 Å². The molecule has 0 bridgehead atoms. The second-order valence-corrected chi connectivity index (χ2v) is 8.82. The van der Waals surface area contributed by atoms with Crippen molar-refractivity contribution in [2.75, 3.05) is 117 Å². The molecule has 246 valence electrons. The van der Waals surface area contributed by atoms with Crippen LogP contribution in [-0.2, 0) is 33.2 Å². The predicted octanol–water partition coefficient (Wildman–Crippen LogP) is 2.69. The smallest absolute Gasteiger partial charge is 0.299 e. The third-order valence-electron chi connectivity index (χ3n) is 5.59. The lowest BCUT2D eigenvalue weighted by atomic mass is 10.2. The Hall–Kier alpha value is -3.64. The van der Waals surface area contributed by atoms with Crippen LogP contribution in [0, 0.1) is 20.2 Å². The number of nitrogen functional groups attached to an aromatic ring is 1. The van der Waals surface area contributed by atoms with Gasteiger partial charge in [0.2, 0.25) is 0 Å².